The van der Waals surface area contributed by atoms with Crippen LogP contribution >= 0.6 is 0 Å². The predicted octanol–water partition coefficient (Wildman–Crippen LogP) is 0.867. The topological polar surface area (TPSA) is 53.1 Å². The highest BCUT2D eigenvalue weighted by Crippen LogP contribution is 2.32. The van der Waals surface area contributed by atoms with Crippen LogP contribution in [0.4, 0.5) is 0 Å². The number of hydrogen-bond donors (Lipinski definition) is 1. The van der Waals surface area contributed by atoms with E-state index < -0.39 is 0 Å². The number of hydrogen-bond acceptors (Lipinski definition) is 3. The Hall–Kier alpha value is -0.870. The molecule has 0 atom stereocenters. The van der Waals surface area contributed by atoms with Crippen LogP contribution in [0.25, 0.3) is 0 Å². The van der Waals surface area contributed by atoms with Crippen LogP contribution in [0.5, 0.6) is 0 Å². The van der Waals surface area contributed by atoms with Crippen molar-refractivity contribution >= 4 is 0 Å². The van der Waals surface area contributed by atoms with Gasteiger partial charge >= 0.3 is 0 Å². The largest absolute Gasteiger partial charge is 0.376 e. The molecule has 1 aromatic rings. The van der Waals surface area contributed by atoms with Crippen molar-refractivity contribution in [3.05, 3.63) is 17.0 Å². The molecule has 0 saturated heterocycles. The van der Waals surface area contributed by atoms with E-state index in [-0.39, 0.29) is 0 Å². The third-order valence-electron chi connectivity index (χ3n) is 3.49. The summed E-state index contributed by atoms with van der Waals surface area (Å²) in [4.78, 5) is 0. The molecule has 1 saturated carbocycles. The zero-order chi connectivity index (χ0) is 11.0. The van der Waals surface area contributed by atoms with E-state index in [4.69, 9.17) is 15.6 Å². The lowest BCUT2D eigenvalue weighted by atomic mass is 10.1. The maximum atomic E-state index is 5.69. The first kappa shape index (κ1) is 10.3. The summed E-state index contributed by atoms with van der Waals surface area (Å²) in [6.07, 6.45) is 4.62. The third kappa shape index (κ3) is 1.87. The predicted molar refractivity (Wildman–Crippen MR) is 61.1 cm³/mol. The minimum absolute atomic E-state index is 0.697. The quantitative estimate of drug-likeness (QED) is 0.820. The molecule has 0 spiro atoms. The first-order valence-corrected chi connectivity index (χ1v) is 6.23. The number of ether oxygens (including phenoxy) is 1. The fourth-order valence-electron chi connectivity index (χ4n) is 2.41. The van der Waals surface area contributed by atoms with Gasteiger partial charge in [-0.15, -0.1) is 0 Å². The van der Waals surface area contributed by atoms with Crippen molar-refractivity contribution in [1.82, 2.24) is 9.78 Å². The summed E-state index contributed by atoms with van der Waals surface area (Å²) in [5.74, 6) is 0.860. The molecule has 4 heteroatoms. The Labute approximate surface area is 95.8 Å². The lowest BCUT2D eigenvalue weighted by molar-refractivity contribution is 0.109. The van der Waals surface area contributed by atoms with Crippen LogP contribution in [0.2, 0.25) is 0 Å². The van der Waals surface area contributed by atoms with Gasteiger partial charge in [-0.3, -0.25) is 4.68 Å². The Balaban J connectivity index is 1.91. The molecule has 0 bridgehead atoms. The molecule has 2 aliphatic rings. The van der Waals surface area contributed by atoms with Crippen molar-refractivity contribution in [2.45, 2.75) is 38.8 Å². The van der Waals surface area contributed by atoms with Gasteiger partial charge in [0.15, 0.2) is 0 Å². The molecule has 2 heterocycles. The molecule has 2 N–H and O–H groups in total. The van der Waals surface area contributed by atoms with E-state index in [1.165, 1.54) is 29.8 Å². The molecule has 3 rings (SSSR count). The molecule has 88 valence electrons. The van der Waals surface area contributed by atoms with Gasteiger partial charge in [0.25, 0.3) is 0 Å². The molecule has 1 aromatic heterocycles. The average molecular weight is 221 g/mol. The first-order valence-electron chi connectivity index (χ1n) is 6.23. The maximum absolute atomic E-state index is 5.69. The molecular weight excluding hydrogens is 202 g/mol. The molecule has 0 amide bonds. The van der Waals surface area contributed by atoms with Crippen LogP contribution in [-0.4, -0.2) is 22.9 Å². The summed E-state index contributed by atoms with van der Waals surface area (Å²) in [5, 5.41) is 4.73. The summed E-state index contributed by atoms with van der Waals surface area (Å²) >= 11 is 0. The van der Waals surface area contributed by atoms with Crippen LogP contribution in [0, 0.1) is 5.92 Å². The fraction of sp³-hybridized carbons (Fsp3) is 0.750. The zero-order valence-corrected chi connectivity index (χ0v) is 9.61. The second-order valence-corrected chi connectivity index (χ2v) is 4.84. The molecule has 0 aromatic carbocycles. The van der Waals surface area contributed by atoms with Gasteiger partial charge in [0, 0.05) is 30.6 Å². The van der Waals surface area contributed by atoms with Crippen LogP contribution < -0.4 is 5.73 Å². The van der Waals surface area contributed by atoms with Crippen molar-refractivity contribution in [2.24, 2.45) is 11.7 Å². The van der Waals surface area contributed by atoms with Gasteiger partial charge in [0.2, 0.25) is 0 Å². The van der Waals surface area contributed by atoms with Gasteiger partial charge in [-0.25, -0.2) is 0 Å². The highest BCUT2D eigenvalue weighted by Gasteiger charge is 2.26. The standard InChI is InChI=1S/C12H19N3O/c13-5-3-12-10-8-16-6-4-11(10)14-15(12)7-9-1-2-9/h9H,1-8,13H2. The van der Waals surface area contributed by atoms with Crippen LogP contribution in [0.15, 0.2) is 0 Å². The van der Waals surface area contributed by atoms with Crippen LogP contribution in [-0.2, 0) is 30.7 Å². The van der Waals surface area contributed by atoms with Crippen molar-refractivity contribution in [2.75, 3.05) is 13.2 Å². The van der Waals surface area contributed by atoms with E-state index in [2.05, 4.69) is 4.68 Å². The number of nitrogens with two attached hydrogens (primary N) is 1. The van der Waals surface area contributed by atoms with E-state index >= 15 is 0 Å². The Kier molecular flexibility index (Phi) is 2.69. The van der Waals surface area contributed by atoms with Gasteiger partial charge in [0.05, 0.1) is 18.9 Å². The second-order valence-electron chi connectivity index (χ2n) is 4.84. The lowest BCUT2D eigenvalue weighted by Crippen LogP contribution is -2.13. The van der Waals surface area contributed by atoms with Gasteiger partial charge in [-0.2, -0.15) is 5.10 Å². The number of fused-ring (bicyclic) bond motifs is 1. The highest BCUT2D eigenvalue weighted by molar-refractivity contribution is 5.28. The summed E-state index contributed by atoms with van der Waals surface area (Å²) in [6, 6.07) is 0. The van der Waals surface area contributed by atoms with Gasteiger partial charge in [0.1, 0.15) is 0 Å². The zero-order valence-electron chi connectivity index (χ0n) is 9.61. The monoisotopic (exact) mass is 221 g/mol. The van der Waals surface area contributed by atoms with Crippen LogP contribution in [0.1, 0.15) is 29.8 Å². The van der Waals surface area contributed by atoms with E-state index in [0.29, 0.717) is 6.54 Å². The molecule has 4 nitrogen and oxygen atoms in total. The molecule has 1 aliphatic carbocycles. The molecule has 0 radical (unpaired) electrons. The van der Waals surface area contributed by atoms with Crippen molar-refractivity contribution in [3.8, 4) is 0 Å². The minimum Gasteiger partial charge on any atom is -0.376 e. The Morgan fingerprint density at radius 3 is 3.06 bits per heavy atom. The molecular formula is C12H19N3O. The minimum atomic E-state index is 0.697. The van der Waals surface area contributed by atoms with Crippen molar-refractivity contribution in [1.29, 1.82) is 0 Å². The average Bonchev–Trinajstić information content (AvgIpc) is 3.04. The highest BCUT2D eigenvalue weighted by atomic mass is 16.5. The summed E-state index contributed by atoms with van der Waals surface area (Å²) in [6.45, 7) is 3.33. The van der Waals surface area contributed by atoms with Gasteiger partial charge in [-0.05, 0) is 25.3 Å². The fourth-order valence-corrected chi connectivity index (χ4v) is 2.41. The first-order chi connectivity index (χ1) is 7.88. The van der Waals surface area contributed by atoms with Gasteiger partial charge < -0.3 is 10.5 Å². The number of aromatic nitrogens is 2. The Morgan fingerprint density at radius 2 is 2.31 bits per heavy atom. The number of rotatable bonds is 4. The smallest absolute Gasteiger partial charge is 0.0753 e. The van der Waals surface area contributed by atoms with E-state index in [9.17, 15) is 0 Å². The summed E-state index contributed by atoms with van der Waals surface area (Å²) < 4.78 is 7.72. The normalized spacial score (nSPS) is 19.8. The van der Waals surface area contributed by atoms with E-state index in [1.54, 1.807) is 0 Å². The second kappa shape index (κ2) is 4.18. The van der Waals surface area contributed by atoms with Crippen molar-refractivity contribution < 1.29 is 4.74 Å². The van der Waals surface area contributed by atoms with E-state index in [0.717, 1.165) is 38.5 Å². The SMILES string of the molecule is NCCc1c2c(nn1CC1CC1)CCOC2. The summed E-state index contributed by atoms with van der Waals surface area (Å²) in [7, 11) is 0. The molecule has 0 unspecified atom stereocenters. The molecule has 16 heavy (non-hydrogen) atoms. The van der Waals surface area contributed by atoms with Crippen LogP contribution in [0.3, 0.4) is 0 Å². The molecule has 1 fully saturated rings. The van der Waals surface area contributed by atoms with Gasteiger partial charge in [-0.1, -0.05) is 0 Å². The lowest BCUT2D eigenvalue weighted by Gasteiger charge is -2.12. The third-order valence-corrected chi connectivity index (χ3v) is 3.49. The number of nitrogens with zero attached hydrogens (tertiary/aromatic N) is 2. The Morgan fingerprint density at radius 1 is 1.44 bits per heavy atom. The summed E-state index contributed by atoms with van der Waals surface area (Å²) in [5.41, 5.74) is 9.57. The Bertz CT molecular complexity index is 382. The molecule has 1 aliphatic heterocycles. The van der Waals surface area contributed by atoms with Crippen molar-refractivity contribution in [3.63, 3.8) is 0 Å². The maximum Gasteiger partial charge on any atom is 0.0753 e. The van der Waals surface area contributed by atoms with E-state index in [1.807, 2.05) is 0 Å².